The highest BCUT2D eigenvalue weighted by atomic mass is 35.5. The summed E-state index contributed by atoms with van der Waals surface area (Å²) in [6.45, 7) is 3.37. The molecule has 110 valence electrons. The van der Waals surface area contributed by atoms with E-state index in [2.05, 4.69) is 10.00 Å². The van der Waals surface area contributed by atoms with Crippen molar-refractivity contribution >= 4 is 23.3 Å². The molecule has 5 nitrogen and oxygen atoms in total. The first kappa shape index (κ1) is 13.9. The normalized spacial score (nSPS) is 13.6. The third-order valence-corrected chi connectivity index (χ3v) is 4.42. The van der Waals surface area contributed by atoms with E-state index in [0.717, 1.165) is 30.0 Å². The number of nitrogens with zero attached hydrogens (tertiary/aromatic N) is 3. The van der Waals surface area contributed by atoms with Crippen molar-refractivity contribution in [2.24, 2.45) is 7.05 Å². The van der Waals surface area contributed by atoms with Crippen LogP contribution in [0.15, 0.2) is 18.2 Å². The third-order valence-electron chi connectivity index (χ3n) is 3.93. The van der Waals surface area contributed by atoms with Crippen molar-refractivity contribution in [2.75, 3.05) is 11.4 Å². The molecule has 0 saturated heterocycles. The molecule has 1 aliphatic rings. The molecule has 2 heterocycles. The number of aromatic nitrogens is 2. The zero-order valence-corrected chi connectivity index (χ0v) is 12.7. The molecule has 0 saturated carbocycles. The van der Waals surface area contributed by atoms with Crippen LogP contribution in [0.25, 0.3) is 0 Å². The molecular formula is C15H16ClN3O2. The molecule has 0 bridgehead atoms. The molecule has 0 spiro atoms. The second-order valence-corrected chi connectivity index (χ2v) is 5.67. The summed E-state index contributed by atoms with van der Waals surface area (Å²) >= 11 is 6.30. The Bertz CT molecular complexity index is 724. The number of anilines is 1. The van der Waals surface area contributed by atoms with Crippen LogP contribution < -0.4 is 4.90 Å². The predicted molar refractivity (Wildman–Crippen MR) is 81.1 cm³/mol. The lowest BCUT2D eigenvalue weighted by molar-refractivity contribution is 0.0697. The maximum atomic E-state index is 11.1. The number of carbonyl (C=O) groups is 1. The zero-order valence-electron chi connectivity index (χ0n) is 11.9. The van der Waals surface area contributed by atoms with Crippen molar-refractivity contribution in [3.8, 4) is 0 Å². The fourth-order valence-electron chi connectivity index (χ4n) is 2.78. The Morgan fingerprint density at radius 1 is 1.48 bits per heavy atom. The number of aryl methyl sites for hydroxylation is 2. The molecule has 6 heteroatoms. The predicted octanol–water partition coefficient (Wildman–Crippen LogP) is 2.64. The molecule has 0 radical (unpaired) electrons. The summed E-state index contributed by atoms with van der Waals surface area (Å²) in [7, 11) is 1.87. The molecule has 0 fully saturated rings. The highest BCUT2D eigenvalue weighted by molar-refractivity contribution is 6.31. The minimum absolute atomic E-state index is 0.313. The van der Waals surface area contributed by atoms with Gasteiger partial charge in [0.25, 0.3) is 0 Å². The highest BCUT2D eigenvalue weighted by Crippen LogP contribution is 2.32. The van der Waals surface area contributed by atoms with Crippen molar-refractivity contribution in [1.29, 1.82) is 0 Å². The summed E-state index contributed by atoms with van der Waals surface area (Å²) in [6, 6.07) is 5.29. The number of benzene rings is 1. The molecule has 1 N–H and O–H groups in total. The van der Waals surface area contributed by atoms with Crippen LogP contribution in [0.5, 0.6) is 0 Å². The van der Waals surface area contributed by atoms with Crippen LogP contribution in [-0.4, -0.2) is 27.4 Å². The highest BCUT2D eigenvalue weighted by Gasteiger charge is 2.23. The molecule has 1 aromatic carbocycles. The Balaban J connectivity index is 1.93. The Morgan fingerprint density at radius 3 is 2.86 bits per heavy atom. The van der Waals surface area contributed by atoms with Gasteiger partial charge in [0.15, 0.2) is 0 Å². The van der Waals surface area contributed by atoms with Crippen molar-refractivity contribution in [3.05, 3.63) is 45.7 Å². The monoisotopic (exact) mass is 305 g/mol. The lowest BCUT2D eigenvalue weighted by Crippen LogP contribution is -2.21. The van der Waals surface area contributed by atoms with Crippen LogP contribution in [0.3, 0.4) is 0 Å². The van der Waals surface area contributed by atoms with E-state index in [1.165, 1.54) is 5.56 Å². The van der Waals surface area contributed by atoms with Crippen LogP contribution in [0, 0.1) is 6.92 Å². The van der Waals surface area contributed by atoms with Gasteiger partial charge in [0.2, 0.25) is 0 Å². The Kier molecular flexibility index (Phi) is 3.37. The Labute approximate surface area is 127 Å². The quantitative estimate of drug-likeness (QED) is 0.947. The van der Waals surface area contributed by atoms with Gasteiger partial charge in [0.1, 0.15) is 0 Å². The fourth-order valence-corrected chi connectivity index (χ4v) is 3.00. The van der Waals surface area contributed by atoms with Crippen LogP contribution in [0.4, 0.5) is 5.69 Å². The van der Waals surface area contributed by atoms with Gasteiger partial charge in [-0.25, -0.2) is 4.79 Å². The van der Waals surface area contributed by atoms with E-state index in [-0.39, 0.29) is 0 Å². The SMILES string of the molecule is Cc1nn(C)c(CN2CCc3ccc(C(=O)O)cc32)c1Cl. The van der Waals surface area contributed by atoms with Crippen LogP contribution >= 0.6 is 11.6 Å². The summed E-state index contributed by atoms with van der Waals surface area (Å²) in [4.78, 5) is 13.3. The van der Waals surface area contributed by atoms with Gasteiger partial charge in [0.05, 0.1) is 28.5 Å². The minimum atomic E-state index is -0.904. The molecule has 3 rings (SSSR count). The number of rotatable bonds is 3. The van der Waals surface area contributed by atoms with Crippen molar-refractivity contribution in [3.63, 3.8) is 0 Å². The van der Waals surface area contributed by atoms with E-state index in [1.54, 1.807) is 16.8 Å². The number of halogens is 1. The smallest absolute Gasteiger partial charge is 0.335 e. The number of carboxylic acid groups (broad SMARTS) is 1. The maximum absolute atomic E-state index is 11.1. The van der Waals surface area contributed by atoms with Crippen LogP contribution in [0.2, 0.25) is 5.02 Å². The number of aromatic carboxylic acids is 1. The van der Waals surface area contributed by atoms with Gasteiger partial charge in [-0.3, -0.25) is 4.68 Å². The first-order valence-corrected chi connectivity index (χ1v) is 7.14. The van der Waals surface area contributed by atoms with Gasteiger partial charge in [-0.1, -0.05) is 17.7 Å². The Morgan fingerprint density at radius 2 is 2.24 bits per heavy atom. The number of hydrogen-bond acceptors (Lipinski definition) is 3. The van der Waals surface area contributed by atoms with E-state index in [9.17, 15) is 4.79 Å². The minimum Gasteiger partial charge on any atom is -0.478 e. The number of fused-ring (bicyclic) bond motifs is 1. The first-order valence-electron chi connectivity index (χ1n) is 6.76. The van der Waals surface area contributed by atoms with E-state index < -0.39 is 5.97 Å². The molecule has 2 aromatic rings. The summed E-state index contributed by atoms with van der Waals surface area (Å²) in [5, 5.41) is 14.1. The molecule has 0 unspecified atom stereocenters. The molecule has 0 aliphatic carbocycles. The van der Waals surface area contributed by atoms with Gasteiger partial charge < -0.3 is 10.0 Å². The van der Waals surface area contributed by atoms with E-state index in [4.69, 9.17) is 16.7 Å². The van der Waals surface area contributed by atoms with Crippen molar-refractivity contribution in [2.45, 2.75) is 19.9 Å². The summed E-state index contributed by atoms with van der Waals surface area (Å²) < 4.78 is 1.79. The summed E-state index contributed by atoms with van der Waals surface area (Å²) in [5.74, 6) is -0.904. The van der Waals surface area contributed by atoms with Crippen molar-refractivity contribution < 1.29 is 9.90 Å². The summed E-state index contributed by atoms with van der Waals surface area (Å²) in [6.07, 6.45) is 0.920. The van der Waals surface area contributed by atoms with Gasteiger partial charge in [0, 0.05) is 19.3 Å². The fraction of sp³-hybridized carbons (Fsp3) is 0.333. The second kappa shape index (κ2) is 5.07. The van der Waals surface area contributed by atoms with Gasteiger partial charge in [-0.15, -0.1) is 0 Å². The molecule has 1 aromatic heterocycles. The number of carboxylic acids is 1. The lowest BCUT2D eigenvalue weighted by atomic mass is 10.1. The van der Waals surface area contributed by atoms with E-state index >= 15 is 0 Å². The van der Waals surface area contributed by atoms with Crippen molar-refractivity contribution in [1.82, 2.24) is 9.78 Å². The van der Waals surface area contributed by atoms with E-state index in [1.807, 2.05) is 20.0 Å². The topological polar surface area (TPSA) is 58.4 Å². The molecule has 0 atom stereocenters. The van der Waals surface area contributed by atoms with Crippen LogP contribution in [0.1, 0.15) is 27.3 Å². The summed E-state index contributed by atoms with van der Waals surface area (Å²) in [5.41, 5.74) is 4.23. The lowest BCUT2D eigenvalue weighted by Gasteiger charge is -2.20. The van der Waals surface area contributed by atoms with Gasteiger partial charge >= 0.3 is 5.97 Å². The molecule has 0 amide bonds. The maximum Gasteiger partial charge on any atom is 0.335 e. The third kappa shape index (κ3) is 2.38. The molecular weight excluding hydrogens is 290 g/mol. The largest absolute Gasteiger partial charge is 0.478 e. The zero-order chi connectivity index (χ0) is 15.1. The van der Waals surface area contributed by atoms with Crippen LogP contribution in [-0.2, 0) is 20.0 Å². The second-order valence-electron chi connectivity index (χ2n) is 5.29. The van der Waals surface area contributed by atoms with E-state index in [0.29, 0.717) is 17.1 Å². The average Bonchev–Trinajstić information content (AvgIpc) is 2.95. The average molecular weight is 306 g/mol. The van der Waals surface area contributed by atoms with Gasteiger partial charge in [-0.05, 0) is 31.0 Å². The molecule has 1 aliphatic heterocycles. The Hall–Kier alpha value is -2.01. The standard InChI is InChI=1S/C15H16ClN3O2/c1-9-14(16)13(18(2)17-9)8-19-6-5-10-3-4-11(15(20)21)7-12(10)19/h3-4,7H,5-6,8H2,1-2H3,(H,20,21). The van der Waals surface area contributed by atoms with Gasteiger partial charge in [-0.2, -0.15) is 5.10 Å². The number of hydrogen-bond donors (Lipinski definition) is 1. The first-order chi connectivity index (χ1) is 9.97. The molecule has 21 heavy (non-hydrogen) atoms.